The van der Waals surface area contributed by atoms with Crippen LogP contribution in [-0.2, 0) is 14.8 Å². The molecule has 0 spiro atoms. The zero-order chi connectivity index (χ0) is 19.6. The van der Waals surface area contributed by atoms with Crippen molar-refractivity contribution in [2.45, 2.75) is 13.0 Å². The van der Waals surface area contributed by atoms with Crippen LogP contribution in [0.5, 0.6) is 0 Å². The first-order valence-corrected chi connectivity index (χ1v) is 10.4. The third-order valence-corrected chi connectivity index (χ3v) is 5.85. The van der Waals surface area contributed by atoms with Gasteiger partial charge >= 0.3 is 0 Å². The maximum atomic E-state index is 12.8. The predicted octanol–water partition coefficient (Wildman–Crippen LogP) is -0.0299. The molecule has 1 unspecified atom stereocenters. The van der Waals surface area contributed by atoms with Crippen LogP contribution >= 0.6 is 0 Å². The van der Waals surface area contributed by atoms with Gasteiger partial charge < -0.3 is 4.90 Å². The van der Waals surface area contributed by atoms with Gasteiger partial charge in [-0.05, 0) is 25.1 Å². The number of amides is 1. The van der Waals surface area contributed by atoms with Gasteiger partial charge in [0.25, 0.3) is 5.56 Å². The molecule has 0 N–H and O–H groups in total. The van der Waals surface area contributed by atoms with Gasteiger partial charge in [-0.1, -0.05) is 0 Å². The Morgan fingerprint density at radius 1 is 1.07 bits per heavy atom. The van der Waals surface area contributed by atoms with Gasteiger partial charge in [-0.3, -0.25) is 14.6 Å². The summed E-state index contributed by atoms with van der Waals surface area (Å²) >= 11 is 0. The van der Waals surface area contributed by atoms with Crippen LogP contribution in [0.4, 0.5) is 0 Å². The van der Waals surface area contributed by atoms with Gasteiger partial charge in [-0.15, -0.1) is 0 Å². The molecule has 1 atom stereocenters. The highest BCUT2D eigenvalue weighted by atomic mass is 32.2. The standard InChI is InChI=1S/C17H21N5O4S/c1-13(17(24)20-9-11-21(12-10-20)27(2,25)26)22-16(23)4-3-15(19-22)14-5-7-18-8-6-14/h3-8,13H,9-12H2,1-2H3. The van der Waals surface area contributed by atoms with Crippen LogP contribution in [0.15, 0.2) is 41.5 Å². The normalized spacial score (nSPS) is 16.9. The molecule has 1 aliphatic rings. The quantitative estimate of drug-likeness (QED) is 0.725. The molecule has 0 saturated carbocycles. The molecule has 10 heteroatoms. The Morgan fingerprint density at radius 2 is 1.70 bits per heavy atom. The molecule has 1 fully saturated rings. The lowest BCUT2D eigenvalue weighted by atomic mass is 10.2. The molecule has 0 radical (unpaired) electrons. The molecule has 27 heavy (non-hydrogen) atoms. The zero-order valence-electron chi connectivity index (χ0n) is 15.1. The van der Waals surface area contributed by atoms with E-state index in [0.717, 1.165) is 11.8 Å². The number of carbonyl (C=O) groups is 1. The van der Waals surface area contributed by atoms with Crippen molar-refractivity contribution in [3.63, 3.8) is 0 Å². The molecule has 2 aromatic rings. The van der Waals surface area contributed by atoms with E-state index >= 15 is 0 Å². The SMILES string of the molecule is CC(C(=O)N1CCN(S(C)(=O)=O)CC1)n1nc(-c2ccncc2)ccc1=O. The Balaban J connectivity index is 1.79. The van der Waals surface area contributed by atoms with Crippen LogP contribution in [-0.4, -0.2) is 70.7 Å². The summed E-state index contributed by atoms with van der Waals surface area (Å²) < 4.78 is 25.7. The van der Waals surface area contributed by atoms with E-state index in [4.69, 9.17) is 0 Å². The number of aromatic nitrogens is 3. The van der Waals surface area contributed by atoms with Crippen molar-refractivity contribution >= 4 is 15.9 Å². The molecular weight excluding hydrogens is 370 g/mol. The molecule has 0 aliphatic carbocycles. The van der Waals surface area contributed by atoms with Gasteiger partial charge in [-0.2, -0.15) is 9.40 Å². The molecule has 0 bridgehead atoms. The Labute approximate surface area is 157 Å². The lowest BCUT2D eigenvalue weighted by Crippen LogP contribution is -2.52. The summed E-state index contributed by atoms with van der Waals surface area (Å²) in [5, 5.41) is 4.34. The summed E-state index contributed by atoms with van der Waals surface area (Å²) in [5.74, 6) is -0.260. The van der Waals surface area contributed by atoms with E-state index in [9.17, 15) is 18.0 Å². The van der Waals surface area contributed by atoms with Crippen LogP contribution in [0.3, 0.4) is 0 Å². The minimum Gasteiger partial charge on any atom is -0.338 e. The van der Waals surface area contributed by atoms with Gasteiger partial charge in [-0.25, -0.2) is 13.1 Å². The number of hydrogen-bond donors (Lipinski definition) is 0. The first kappa shape index (κ1) is 19.2. The van der Waals surface area contributed by atoms with Crippen molar-refractivity contribution in [2.75, 3.05) is 32.4 Å². The van der Waals surface area contributed by atoms with Crippen molar-refractivity contribution in [3.05, 3.63) is 47.0 Å². The van der Waals surface area contributed by atoms with Gasteiger partial charge in [0.2, 0.25) is 15.9 Å². The minimum atomic E-state index is -3.27. The minimum absolute atomic E-state index is 0.247. The van der Waals surface area contributed by atoms with E-state index in [0.29, 0.717) is 5.69 Å². The third-order valence-electron chi connectivity index (χ3n) is 4.54. The van der Waals surface area contributed by atoms with Gasteiger partial charge in [0.1, 0.15) is 6.04 Å². The Morgan fingerprint density at radius 3 is 2.30 bits per heavy atom. The van der Waals surface area contributed by atoms with Crippen molar-refractivity contribution in [2.24, 2.45) is 0 Å². The lowest BCUT2D eigenvalue weighted by Gasteiger charge is -2.34. The fourth-order valence-corrected chi connectivity index (χ4v) is 3.81. The fraction of sp³-hybridized carbons (Fsp3) is 0.412. The second-order valence-corrected chi connectivity index (χ2v) is 8.38. The molecule has 1 saturated heterocycles. The predicted molar refractivity (Wildman–Crippen MR) is 99.4 cm³/mol. The van der Waals surface area contributed by atoms with Crippen LogP contribution in [0.25, 0.3) is 11.3 Å². The highest BCUT2D eigenvalue weighted by Crippen LogP contribution is 2.16. The average molecular weight is 391 g/mol. The van der Waals surface area contributed by atoms with E-state index in [2.05, 4.69) is 10.1 Å². The summed E-state index contributed by atoms with van der Waals surface area (Å²) in [6, 6.07) is 5.75. The van der Waals surface area contributed by atoms with E-state index in [1.165, 1.54) is 15.1 Å². The summed E-state index contributed by atoms with van der Waals surface area (Å²) in [5.41, 5.74) is 0.988. The zero-order valence-corrected chi connectivity index (χ0v) is 16.0. The smallest absolute Gasteiger partial charge is 0.267 e. The fourth-order valence-electron chi connectivity index (χ4n) is 2.99. The molecule has 2 aromatic heterocycles. The van der Waals surface area contributed by atoms with Crippen molar-refractivity contribution in [1.82, 2.24) is 24.0 Å². The number of sulfonamides is 1. The van der Waals surface area contributed by atoms with Gasteiger partial charge in [0, 0.05) is 50.2 Å². The first-order chi connectivity index (χ1) is 12.8. The number of carbonyl (C=O) groups excluding carboxylic acids is 1. The van der Waals surface area contributed by atoms with E-state index < -0.39 is 16.1 Å². The summed E-state index contributed by atoms with van der Waals surface area (Å²) in [6.45, 7) is 2.69. The molecule has 3 rings (SSSR count). The number of hydrogen-bond acceptors (Lipinski definition) is 6. The summed E-state index contributed by atoms with van der Waals surface area (Å²) in [6.07, 6.45) is 4.41. The number of pyridine rings is 1. The average Bonchev–Trinajstić information content (AvgIpc) is 2.67. The number of rotatable bonds is 4. The molecule has 1 aliphatic heterocycles. The second kappa shape index (κ2) is 7.57. The van der Waals surface area contributed by atoms with E-state index in [1.807, 2.05) is 0 Å². The Kier molecular flexibility index (Phi) is 5.38. The number of piperazine rings is 1. The van der Waals surface area contributed by atoms with Gasteiger partial charge in [0.05, 0.1) is 11.9 Å². The van der Waals surface area contributed by atoms with E-state index in [1.54, 1.807) is 42.4 Å². The topological polar surface area (TPSA) is 105 Å². The molecule has 9 nitrogen and oxygen atoms in total. The van der Waals surface area contributed by atoms with Crippen LogP contribution in [0.1, 0.15) is 13.0 Å². The highest BCUT2D eigenvalue weighted by molar-refractivity contribution is 7.88. The van der Waals surface area contributed by atoms with Crippen LogP contribution < -0.4 is 5.56 Å². The molecule has 144 valence electrons. The van der Waals surface area contributed by atoms with Crippen LogP contribution in [0, 0.1) is 0 Å². The lowest BCUT2D eigenvalue weighted by molar-refractivity contribution is -0.135. The third kappa shape index (κ3) is 4.22. The molecular formula is C17H21N5O4S. The first-order valence-electron chi connectivity index (χ1n) is 8.51. The Bertz CT molecular complexity index is 982. The maximum absolute atomic E-state index is 12.8. The maximum Gasteiger partial charge on any atom is 0.267 e. The monoisotopic (exact) mass is 391 g/mol. The van der Waals surface area contributed by atoms with Gasteiger partial charge in [0.15, 0.2) is 0 Å². The van der Waals surface area contributed by atoms with E-state index in [-0.39, 0.29) is 37.6 Å². The largest absolute Gasteiger partial charge is 0.338 e. The molecule has 3 heterocycles. The second-order valence-electron chi connectivity index (χ2n) is 6.40. The molecule has 0 aromatic carbocycles. The Hall–Kier alpha value is -2.59. The highest BCUT2D eigenvalue weighted by Gasteiger charge is 2.29. The van der Waals surface area contributed by atoms with Crippen LogP contribution in [0.2, 0.25) is 0 Å². The summed E-state index contributed by atoms with van der Waals surface area (Å²) in [4.78, 5) is 30.6. The molecule has 1 amide bonds. The van der Waals surface area contributed by atoms with Crippen molar-refractivity contribution in [3.8, 4) is 11.3 Å². The van der Waals surface area contributed by atoms with Crippen molar-refractivity contribution in [1.29, 1.82) is 0 Å². The number of nitrogens with zero attached hydrogens (tertiary/aromatic N) is 5. The summed E-state index contributed by atoms with van der Waals surface area (Å²) in [7, 11) is -3.27. The van der Waals surface area contributed by atoms with Crippen molar-refractivity contribution < 1.29 is 13.2 Å².